The van der Waals surface area contributed by atoms with Crippen LogP contribution in [0.1, 0.15) is 42.6 Å². The van der Waals surface area contributed by atoms with Crippen molar-refractivity contribution in [1.29, 1.82) is 0 Å². The molecular weight excluding hydrogens is 298 g/mol. The van der Waals surface area contributed by atoms with Crippen LogP contribution >= 0.6 is 0 Å². The first-order valence-electron chi connectivity index (χ1n) is 8.66. The lowest BCUT2D eigenvalue weighted by Gasteiger charge is -2.17. The molecule has 0 radical (unpaired) electrons. The Morgan fingerprint density at radius 3 is 2.54 bits per heavy atom. The molecular formula is C21H25NO2. The van der Waals surface area contributed by atoms with Gasteiger partial charge >= 0.3 is 0 Å². The van der Waals surface area contributed by atoms with Gasteiger partial charge in [0.05, 0.1) is 6.61 Å². The first-order chi connectivity index (χ1) is 11.6. The minimum atomic E-state index is -0.0350. The van der Waals surface area contributed by atoms with E-state index in [0.717, 1.165) is 18.6 Å². The van der Waals surface area contributed by atoms with Gasteiger partial charge in [-0.05, 0) is 42.5 Å². The van der Waals surface area contributed by atoms with E-state index in [1.807, 2.05) is 30.3 Å². The SMILES string of the molecule is CC(C)COc1cccc(C(=O)NCC2(c3ccccc3)CC2)c1. The van der Waals surface area contributed by atoms with E-state index in [4.69, 9.17) is 4.74 Å². The van der Waals surface area contributed by atoms with E-state index < -0.39 is 0 Å². The van der Waals surface area contributed by atoms with E-state index in [9.17, 15) is 4.79 Å². The van der Waals surface area contributed by atoms with Crippen LogP contribution in [-0.2, 0) is 5.41 Å². The molecule has 1 aliphatic carbocycles. The van der Waals surface area contributed by atoms with Gasteiger partial charge < -0.3 is 10.1 Å². The molecule has 3 nitrogen and oxygen atoms in total. The van der Waals surface area contributed by atoms with Crippen LogP contribution < -0.4 is 10.1 Å². The fraction of sp³-hybridized carbons (Fsp3) is 0.381. The van der Waals surface area contributed by atoms with Crippen molar-refractivity contribution in [3.05, 3.63) is 65.7 Å². The summed E-state index contributed by atoms with van der Waals surface area (Å²) in [7, 11) is 0. The number of hydrogen-bond acceptors (Lipinski definition) is 2. The first kappa shape index (κ1) is 16.6. The summed E-state index contributed by atoms with van der Waals surface area (Å²) in [6, 6.07) is 17.9. The van der Waals surface area contributed by atoms with E-state index in [2.05, 4.69) is 43.4 Å². The lowest BCUT2D eigenvalue weighted by Crippen LogP contribution is -2.32. The molecule has 0 spiro atoms. The maximum absolute atomic E-state index is 12.5. The van der Waals surface area contributed by atoms with Crippen LogP contribution in [-0.4, -0.2) is 19.1 Å². The van der Waals surface area contributed by atoms with Crippen LogP contribution in [0.15, 0.2) is 54.6 Å². The van der Waals surface area contributed by atoms with Gasteiger partial charge in [0.15, 0.2) is 0 Å². The molecule has 0 bridgehead atoms. The number of benzene rings is 2. The summed E-state index contributed by atoms with van der Waals surface area (Å²) in [5.41, 5.74) is 2.10. The Balaban J connectivity index is 1.60. The second-order valence-electron chi connectivity index (χ2n) is 7.06. The zero-order chi connectivity index (χ0) is 17.0. The standard InChI is InChI=1S/C21H25NO2/c1-16(2)14-24-19-10-6-7-17(13-19)20(23)22-15-21(11-12-21)18-8-4-3-5-9-18/h3-10,13,16H,11-12,14-15H2,1-2H3,(H,22,23). The van der Waals surface area contributed by atoms with E-state index in [0.29, 0.717) is 24.6 Å². The molecule has 0 atom stereocenters. The summed E-state index contributed by atoms with van der Waals surface area (Å²) in [5, 5.41) is 3.10. The molecule has 2 aromatic carbocycles. The first-order valence-corrected chi connectivity index (χ1v) is 8.66. The number of amides is 1. The molecule has 0 aromatic heterocycles. The molecule has 3 heteroatoms. The monoisotopic (exact) mass is 323 g/mol. The van der Waals surface area contributed by atoms with Gasteiger partial charge in [0.2, 0.25) is 0 Å². The number of rotatable bonds is 7. The van der Waals surface area contributed by atoms with Gasteiger partial charge in [0.25, 0.3) is 5.91 Å². The number of nitrogens with one attached hydrogen (secondary N) is 1. The Bertz CT molecular complexity index is 690. The zero-order valence-corrected chi connectivity index (χ0v) is 14.4. The van der Waals surface area contributed by atoms with Gasteiger partial charge in [-0.25, -0.2) is 0 Å². The second kappa shape index (κ2) is 7.08. The van der Waals surface area contributed by atoms with Crippen LogP contribution in [0.25, 0.3) is 0 Å². The van der Waals surface area contributed by atoms with Crippen molar-refractivity contribution in [2.24, 2.45) is 5.92 Å². The third-order valence-corrected chi connectivity index (χ3v) is 4.51. The number of carbonyl (C=O) groups is 1. The molecule has 1 saturated carbocycles. The van der Waals surface area contributed by atoms with Crippen molar-refractivity contribution in [3.63, 3.8) is 0 Å². The molecule has 1 N–H and O–H groups in total. The Kier molecular flexibility index (Phi) is 4.89. The molecule has 0 heterocycles. The van der Waals surface area contributed by atoms with Crippen molar-refractivity contribution in [2.45, 2.75) is 32.1 Å². The summed E-state index contributed by atoms with van der Waals surface area (Å²) >= 11 is 0. The van der Waals surface area contributed by atoms with Crippen molar-refractivity contribution < 1.29 is 9.53 Å². The molecule has 1 amide bonds. The fourth-order valence-corrected chi connectivity index (χ4v) is 2.85. The average molecular weight is 323 g/mol. The Hall–Kier alpha value is -2.29. The maximum atomic E-state index is 12.5. The second-order valence-corrected chi connectivity index (χ2v) is 7.06. The van der Waals surface area contributed by atoms with E-state index >= 15 is 0 Å². The van der Waals surface area contributed by atoms with Crippen molar-refractivity contribution >= 4 is 5.91 Å². The van der Waals surface area contributed by atoms with Crippen LogP contribution in [0.5, 0.6) is 5.75 Å². The lowest BCUT2D eigenvalue weighted by molar-refractivity contribution is 0.0949. The number of ether oxygens (including phenoxy) is 1. The Labute approximate surface area is 144 Å². The summed E-state index contributed by atoms with van der Waals surface area (Å²) in [5.74, 6) is 1.18. The highest BCUT2D eigenvalue weighted by atomic mass is 16.5. The maximum Gasteiger partial charge on any atom is 0.251 e. The van der Waals surface area contributed by atoms with Gasteiger partial charge in [-0.15, -0.1) is 0 Å². The molecule has 24 heavy (non-hydrogen) atoms. The predicted molar refractivity (Wildman–Crippen MR) is 96.5 cm³/mol. The van der Waals surface area contributed by atoms with Crippen molar-refractivity contribution in [3.8, 4) is 5.75 Å². The van der Waals surface area contributed by atoms with E-state index in [1.165, 1.54) is 5.56 Å². The molecule has 0 aliphatic heterocycles. The summed E-state index contributed by atoms with van der Waals surface area (Å²) < 4.78 is 5.71. The van der Waals surface area contributed by atoms with Crippen LogP contribution in [0, 0.1) is 5.92 Å². The fourth-order valence-electron chi connectivity index (χ4n) is 2.85. The van der Waals surface area contributed by atoms with Gasteiger partial charge in [0.1, 0.15) is 5.75 Å². The molecule has 126 valence electrons. The summed E-state index contributed by atoms with van der Waals surface area (Å²) in [6.45, 7) is 5.56. The normalized spacial score (nSPS) is 15.1. The summed E-state index contributed by atoms with van der Waals surface area (Å²) in [4.78, 5) is 12.5. The number of hydrogen-bond donors (Lipinski definition) is 1. The van der Waals surface area contributed by atoms with Crippen molar-refractivity contribution in [2.75, 3.05) is 13.2 Å². The highest BCUT2D eigenvalue weighted by Crippen LogP contribution is 2.47. The van der Waals surface area contributed by atoms with Crippen LogP contribution in [0.4, 0.5) is 0 Å². The van der Waals surface area contributed by atoms with Crippen LogP contribution in [0.2, 0.25) is 0 Å². The minimum absolute atomic E-state index is 0.0350. The van der Waals surface area contributed by atoms with Crippen LogP contribution in [0.3, 0.4) is 0 Å². The topological polar surface area (TPSA) is 38.3 Å². The van der Waals surface area contributed by atoms with Gasteiger partial charge in [0, 0.05) is 17.5 Å². The van der Waals surface area contributed by atoms with E-state index in [-0.39, 0.29) is 11.3 Å². The smallest absolute Gasteiger partial charge is 0.251 e. The highest BCUT2D eigenvalue weighted by molar-refractivity contribution is 5.94. The molecule has 0 saturated heterocycles. The quantitative estimate of drug-likeness (QED) is 0.830. The summed E-state index contributed by atoms with van der Waals surface area (Å²) in [6.07, 6.45) is 2.27. The van der Waals surface area contributed by atoms with E-state index in [1.54, 1.807) is 0 Å². The van der Waals surface area contributed by atoms with Gasteiger partial charge in [-0.1, -0.05) is 50.2 Å². The Morgan fingerprint density at radius 1 is 1.12 bits per heavy atom. The molecule has 0 unspecified atom stereocenters. The third-order valence-electron chi connectivity index (χ3n) is 4.51. The molecule has 1 aliphatic rings. The van der Waals surface area contributed by atoms with Crippen molar-refractivity contribution in [1.82, 2.24) is 5.32 Å². The lowest BCUT2D eigenvalue weighted by atomic mass is 9.96. The minimum Gasteiger partial charge on any atom is -0.493 e. The van der Waals surface area contributed by atoms with Gasteiger partial charge in [-0.3, -0.25) is 4.79 Å². The molecule has 3 rings (SSSR count). The molecule has 1 fully saturated rings. The molecule has 2 aromatic rings. The largest absolute Gasteiger partial charge is 0.493 e. The Morgan fingerprint density at radius 2 is 1.88 bits per heavy atom. The third kappa shape index (κ3) is 3.97. The average Bonchev–Trinajstić information content (AvgIpc) is 3.40. The van der Waals surface area contributed by atoms with Gasteiger partial charge in [-0.2, -0.15) is 0 Å². The zero-order valence-electron chi connectivity index (χ0n) is 14.4. The predicted octanol–water partition coefficient (Wildman–Crippen LogP) is 4.18. The highest BCUT2D eigenvalue weighted by Gasteiger charge is 2.44. The number of carbonyl (C=O) groups excluding carboxylic acids is 1.